The lowest BCUT2D eigenvalue weighted by Crippen LogP contribution is -2.45. The molecule has 0 bridgehead atoms. The minimum atomic E-state index is 0.0451. The van der Waals surface area contributed by atoms with E-state index in [-0.39, 0.29) is 5.41 Å². The second kappa shape index (κ2) is 7.41. The molecule has 0 aliphatic carbocycles. The largest absolute Gasteiger partial charge is 0.381 e. The van der Waals surface area contributed by atoms with Crippen molar-refractivity contribution in [1.29, 1.82) is 0 Å². The summed E-state index contributed by atoms with van der Waals surface area (Å²) in [5.74, 6) is 0.297. The molecule has 1 fully saturated rings. The van der Waals surface area contributed by atoms with Gasteiger partial charge in [-0.15, -0.1) is 11.3 Å². The highest BCUT2D eigenvalue weighted by Gasteiger charge is 2.28. The van der Waals surface area contributed by atoms with E-state index in [4.69, 9.17) is 4.74 Å². The van der Waals surface area contributed by atoms with Crippen LogP contribution >= 0.6 is 11.3 Å². The molecule has 0 saturated carbocycles. The van der Waals surface area contributed by atoms with Gasteiger partial charge in [0.25, 0.3) is 0 Å². The molecule has 3 nitrogen and oxygen atoms in total. The van der Waals surface area contributed by atoms with Crippen LogP contribution in [0.25, 0.3) is 0 Å². The molecule has 0 unspecified atom stereocenters. The zero-order valence-corrected chi connectivity index (χ0v) is 14.2. The van der Waals surface area contributed by atoms with Gasteiger partial charge in [0.2, 0.25) is 5.91 Å². The van der Waals surface area contributed by atoms with Crippen LogP contribution in [0.3, 0.4) is 0 Å². The van der Waals surface area contributed by atoms with Crippen molar-refractivity contribution in [1.82, 2.24) is 4.90 Å². The molecule has 0 radical (unpaired) electrons. The first kappa shape index (κ1) is 16.5. The minimum Gasteiger partial charge on any atom is -0.381 e. The van der Waals surface area contributed by atoms with E-state index in [9.17, 15) is 4.79 Å². The third-order valence-electron chi connectivity index (χ3n) is 3.81. The number of carbonyl (C=O) groups is 1. The summed E-state index contributed by atoms with van der Waals surface area (Å²) in [4.78, 5) is 16.2. The molecule has 0 spiro atoms. The molecule has 1 aliphatic rings. The van der Waals surface area contributed by atoms with Crippen molar-refractivity contribution in [3.05, 3.63) is 22.4 Å². The zero-order valence-electron chi connectivity index (χ0n) is 13.4. The number of hydrogen-bond acceptors (Lipinski definition) is 3. The molecule has 1 saturated heterocycles. The van der Waals surface area contributed by atoms with Gasteiger partial charge in [-0.2, -0.15) is 0 Å². The lowest BCUT2D eigenvalue weighted by atomic mass is 9.91. The lowest BCUT2D eigenvalue weighted by Gasteiger charge is -2.36. The van der Waals surface area contributed by atoms with Crippen LogP contribution in [0.1, 0.15) is 44.9 Å². The van der Waals surface area contributed by atoms with Crippen LogP contribution in [0.15, 0.2) is 17.5 Å². The van der Waals surface area contributed by atoms with Crippen molar-refractivity contribution < 1.29 is 9.53 Å². The summed E-state index contributed by atoms with van der Waals surface area (Å²) >= 11 is 1.77. The number of carbonyl (C=O) groups excluding carboxylic acids is 1. The fourth-order valence-electron chi connectivity index (χ4n) is 2.75. The van der Waals surface area contributed by atoms with Crippen molar-refractivity contribution >= 4 is 17.2 Å². The first-order valence-corrected chi connectivity index (χ1v) is 8.73. The molecule has 2 rings (SSSR count). The van der Waals surface area contributed by atoms with E-state index >= 15 is 0 Å². The third kappa shape index (κ3) is 5.44. The third-order valence-corrected chi connectivity index (χ3v) is 4.75. The first-order valence-electron chi connectivity index (χ1n) is 7.85. The molecule has 1 aromatic rings. The molecule has 118 valence electrons. The van der Waals surface area contributed by atoms with E-state index in [1.165, 1.54) is 4.88 Å². The topological polar surface area (TPSA) is 29.5 Å². The van der Waals surface area contributed by atoms with Crippen LogP contribution in [0, 0.1) is 5.41 Å². The number of amides is 1. The smallest absolute Gasteiger partial charge is 0.223 e. The van der Waals surface area contributed by atoms with E-state index in [1.54, 1.807) is 11.3 Å². The van der Waals surface area contributed by atoms with Crippen LogP contribution in [0.4, 0.5) is 0 Å². The molecule has 0 N–H and O–H groups in total. The van der Waals surface area contributed by atoms with Gasteiger partial charge < -0.3 is 9.64 Å². The molecule has 1 aromatic heterocycles. The van der Waals surface area contributed by atoms with Crippen LogP contribution < -0.4 is 0 Å². The Kier molecular flexibility index (Phi) is 5.82. The Hall–Kier alpha value is -0.870. The van der Waals surface area contributed by atoms with E-state index in [0.717, 1.165) is 39.0 Å². The van der Waals surface area contributed by atoms with E-state index in [2.05, 4.69) is 43.2 Å². The van der Waals surface area contributed by atoms with Crippen LogP contribution in [0.2, 0.25) is 0 Å². The summed E-state index contributed by atoms with van der Waals surface area (Å²) in [7, 11) is 0. The Labute approximate surface area is 132 Å². The van der Waals surface area contributed by atoms with Crippen molar-refractivity contribution in [2.75, 3.05) is 19.8 Å². The number of rotatable bonds is 5. The Morgan fingerprint density at radius 3 is 2.67 bits per heavy atom. The summed E-state index contributed by atoms with van der Waals surface area (Å²) in [6.07, 6.45) is 3.53. The Morgan fingerprint density at radius 2 is 2.10 bits per heavy atom. The molecule has 1 aliphatic heterocycles. The summed E-state index contributed by atoms with van der Waals surface area (Å²) in [5.41, 5.74) is 0.0451. The highest BCUT2D eigenvalue weighted by atomic mass is 32.1. The monoisotopic (exact) mass is 309 g/mol. The Bertz CT molecular complexity index is 430. The number of nitrogens with zero attached hydrogens (tertiary/aromatic N) is 1. The van der Waals surface area contributed by atoms with Crippen LogP contribution in [0.5, 0.6) is 0 Å². The van der Waals surface area contributed by atoms with Crippen molar-refractivity contribution in [3.63, 3.8) is 0 Å². The second-order valence-corrected chi connectivity index (χ2v) is 8.03. The Morgan fingerprint density at radius 1 is 1.38 bits per heavy atom. The van der Waals surface area contributed by atoms with Gasteiger partial charge in [0.05, 0.1) is 0 Å². The number of ether oxygens (including phenoxy) is 1. The highest BCUT2D eigenvalue weighted by Crippen LogP contribution is 2.24. The lowest BCUT2D eigenvalue weighted by molar-refractivity contribution is -0.137. The van der Waals surface area contributed by atoms with E-state index in [0.29, 0.717) is 18.4 Å². The summed E-state index contributed by atoms with van der Waals surface area (Å²) in [6, 6.07) is 4.59. The Balaban J connectivity index is 2.00. The number of hydrogen-bond donors (Lipinski definition) is 0. The molecule has 4 heteroatoms. The minimum absolute atomic E-state index is 0.0451. The van der Waals surface area contributed by atoms with Gasteiger partial charge in [-0.3, -0.25) is 4.79 Å². The summed E-state index contributed by atoms with van der Waals surface area (Å²) in [5, 5.41) is 2.10. The van der Waals surface area contributed by atoms with Gasteiger partial charge in [-0.05, 0) is 36.1 Å². The molecule has 2 heterocycles. The normalized spacial score (nSPS) is 16.9. The van der Waals surface area contributed by atoms with Gasteiger partial charge >= 0.3 is 0 Å². The maximum Gasteiger partial charge on any atom is 0.223 e. The first-order chi connectivity index (χ1) is 9.96. The van der Waals surface area contributed by atoms with Crippen molar-refractivity contribution in [3.8, 4) is 0 Å². The average molecular weight is 309 g/mol. The van der Waals surface area contributed by atoms with Gasteiger partial charge in [0, 0.05) is 37.1 Å². The SMILES string of the molecule is CC(C)(C)CC(=O)N(CCc1cccs1)C1CCOCC1. The van der Waals surface area contributed by atoms with Crippen molar-refractivity contribution in [2.24, 2.45) is 5.41 Å². The summed E-state index contributed by atoms with van der Waals surface area (Å²) in [6.45, 7) is 8.79. The zero-order chi connectivity index (χ0) is 15.3. The molecule has 0 aromatic carbocycles. The van der Waals surface area contributed by atoms with Gasteiger partial charge in [-0.25, -0.2) is 0 Å². The van der Waals surface area contributed by atoms with Gasteiger partial charge in [-0.1, -0.05) is 26.8 Å². The predicted molar refractivity (Wildman–Crippen MR) is 87.6 cm³/mol. The maximum atomic E-state index is 12.7. The maximum absolute atomic E-state index is 12.7. The van der Waals surface area contributed by atoms with Crippen molar-refractivity contribution in [2.45, 2.75) is 52.5 Å². The van der Waals surface area contributed by atoms with E-state index in [1.807, 2.05) is 0 Å². The molecule has 1 amide bonds. The average Bonchev–Trinajstić information content (AvgIpc) is 2.91. The molecular weight excluding hydrogens is 282 g/mol. The van der Waals surface area contributed by atoms with Gasteiger partial charge in [0.1, 0.15) is 0 Å². The fraction of sp³-hybridized carbons (Fsp3) is 0.706. The molecule has 0 atom stereocenters. The molecule has 21 heavy (non-hydrogen) atoms. The number of thiophene rings is 1. The fourth-order valence-corrected chi connectivity index (χ4v) is 3.45. The van der Waals surface area contributed by atoms with E-state index < -0.39 is 0 Å². The quantitative estimate of drug-likeness (QED) is 0.829. The standard InChI is InChI=1S/C17H27NO2S/c1-17(2,3)13-16(19)18(14-7-10-20-11-8-14)9-6-15-5-4-12-21-15/h4-5,12,14H,6-11,13H2,1-3H3. The highest BCUT2D eigenvalue weighted by molar-refractivity contribution is 7.09. The predicted octanol–water partition coefficient (Wildman–Crippen LogP) is 3.73. The van der Waals surface area contributed by atoms with Crippen LogP contribution in [-0.4, -0.2) is 36.6 Å². The second-order valence-electron chi connectivity index (χ2n) is 7.00. The summed E-state index contributed by atoms with van der Waals surface area (Å²) < 4.78 is 5.44. The molecular formula is C17H27NO2S. The van der Waals surface area contributed by atoms with Gasteiger partial charge in [0.15, 0.2) is 0 Å². The van der Waals surface area contributed by atoms with Crippen LogP contribution in [-0.2, 0) is 16.0 Å².